The number of benzene rings is 1. The molecule has 1 aliphatic rings. The monoisotopic (exact) mass is 442 g/mol. The van der Waals surface area contributed by atoms with Crippen molar-refractivity contribution < 1.29 is 19.1 Å². The molecule has 2 heterocycles. The van der Waals surface area contributed by atoms with Crippen LogP contribution >= 0.6 is 0 Å². The Balaban J connectivity index is 1.64. The minimum Gasteiger partial charge on any atom is -0.462 e. The number of rotatable bonds is 7. The number of nitrogens with two attached hydrogens (primary N) is 1. The molecule has 1 fully saturated rings. The van der Waals surface area contributed by atoms with Gasteiger partial charge >= 0.3 is 12.1 Å². The van der Waals surface area contributed by atoms with E-state index in [1.165, 1.54) is 6.33 Å². The number of hydrogen-bond donors (Lipinski definition) is 2. The van der Waals surface area contributed by atoms with Gasteiger partial charge in [0.25, 0.3) is 0 Å². The fourth-order valence-corrected chi connectivity index (χ4v) is 3.21. The van der Waals surface area contributed by atoms with Gasteiger partial charge in [0, 0.05) is 31.9 Å². The molecule has 0 bridgehead atoms. The number of carbonyl (C=O) groups is 2. The zero-order chi connectivity index (χ0) is 23.1. The number of hydrogen-bond acceptors (Lipinski definition) is 9. The van der Waals surface area contributed by atoms with Crippen molar-refractivity contribution in [2.45, 2.75) is 20.8 Å². The highest BCUT2D eigenvalue weighted by molar-refractivity contribution is 5.90. The van der Waals surface area contributed by atoms with Gasteiger partial charge in [0.1, 0.15) is 12.0 Å². The van der Waals surface area contributed by atoms with Gasteiger partial charge in [-0.25, -0.2) is 19.6 Å². The number of anilines is 4. The molecule has 1 aliphatic heterocycles. The third kappa shape index (κ3) is 5.77. The van der Waals surface area contributed by atoms with Crippen LogP contribution in [0.1, 0.15) is 31.1 Å². The number of carbonyl (C=O) groups excluding carboxylic acids is 2. The molecule has 172 valence electrons. The van der Waals surface area contributed by atoms with Crippen LogP contribution in [0.5, 0.6) is 0 Å². The molecule has 0 spiro atoms. The molecule has 3 rings (SSSR count). The maximum Gasteiger partial charge on any atom is 0.409 e. The normalized spacial score (nSPS) is 13.8. The van der Waals surface area contributed by atoms with Gasteiger partial charge in [0.15, 0.2) is 11.6 Å². The zero-order valence-corrected chi connectivity index (χ0v) is 18.7. The summed E-state index contributed by atoms with van der Waals surface area (Å²) in [5.41, 5.74) is 7.97. The molecule has 1 amide bonds. The van der Waals surface area contributed by atoms with E-state index in [1.54, 1.807) is 36.1 Å². The van der Waals surface area contributed by atoms with Crippen LogP contribution in [0, 0.1) is 5.92 Å². The summed E-state index contributed by atoms with van der Waals surface area (Å²) in [6, 6.07) is 6.92. The SMILES string of the molecule is CCOC(=O)N1CCN(c2ncnc(Nc3ccc(C(=O)OCC(C)C)cc3)c2N)CC1. The summed E-state index contributed by atoms with van der Waals surface area (Å²) in [6.07, 6.45) is 1.14. The fraction of sp³-hybridized carbons (Fsp3) is 0.455. The molecule has 0 saturated carbocycles. The summed E-state index contributed by atoms with van der Waals surface area (Å²) in [6.45, 7) is 8.73. The Morgan fingerprint density at radius 2 is 1.78 bits per heavy atom. The number of nitrogen functional groups attached to an aromatic ring is 1. The maximum atomic E-state index is 12.1. The molecule has 10 heteroatoms. The van der Waals surface area contributed by atoms with Crippen LogP contribution in [0.2, 0.25) is 0 Å². The number of piperazine rings is 1. The number of ether oxygens (including phenoxy) is 2. The third-order valence-corrected chi connectivity index (χ3v) is 4.90. The van der Waals surface area contributed by atoms with Crippen molar-refractivity contribution in [1.29, 1.82) is 0 Å². The van der Waals surface area contributed by atoms with Crippen LogP contribution in [0.3, 0.4) is 0 Å². The summed E-state index contributed by atoms with van der Waals surface area (Å²) >= 11 is 0. The Morgan fingerprint density at radius 1 is 1.09 bits per heavy atom. The Kier molecular flexibility index (Phi) is 7.69. The van der Waals surface area contributed by atoms with Crippen LogP contribution in [0.15, 0.2) is 30.6 Å². The highest BCUT2D eigenvalue weighted by Gasteiger charge is 2.24. The van der Waals surface area contributed by atoms with E-state index < -0.39 is 0 Å². The van der Waals surface area contributed by atoms with Gasteiger partial charge in [-0.3, -0.25) is 0 Å². The first-order valence-corrected chi connectivity index (χ1v) is 10.7. The first kappa shape index (κ1) is 23.1. The number of amides is 1. The molecule has 0 aliphatic carbocycles. The summed E-state index contributed by atoms with van der Waals surface area (Å²) < 4.78 is 10.3. The molecule has 1 saturated heterocycles. The lowest BCUT2D eigenvalue weighted by Gasteiger charge is -2.35. The minimum absolute atomic E-state index is 0.281. The standard InChI is InChI=1S/C22H30N6O4/c1-4-31-22(30)28-11-9-27(10-12-28)20-18(23)19(24-14-25-20)26-17-7-5-16(6-8-17)21(29)32-13-15(2)3/h5-8,14-15H,4,9-13,23H2,1-3H3,(H,24,25,26). The van der Waals surface area contributed by atoms with E-state index in [-0.39, 0.29) is 18.0 Å². The van der Waals surface area contributed by atoms with Gasteiger partial charge in [0.05, 0.1) is 18.8 Å². The number of aromatic nitrogens is 2. The van der Waals surface area contributed by atoms with Gasteiger partial charge in [-0.05, 0) is 37.1 Å². The van der Waals surface area contributed by atoms with Crippen molar-refractivity contribution >= 4 is 35.1 Å². The quantitative estimate of drug-likeness (QED) is 0.623. The summed E-state index contributed by atoms with van der Waals surface area (Å²) in [4.78, 5) is 36.2. The maximum absolute atomic E-state index is 12.1. The molecule has 1 aromatic heterocycles. The second-order valence-electron chi connectivity index (χ2n) is 7.83. The molecule has 0 unspecified atom stereocenters. The van der Waals surface area contributed by atoms with Crippen molar-refractivity contribution in [3.05, 3.63) is 36.2 Å². The largest absolute Gasteiger partial charge is 0.462 e. The lowest BCUT2D eigenvalue weighted by molar-refractivity contribution is 0.0459. The zero-order valence-electron chi connectivity index (χ0n) is 18.7. The summed E-state index contributed by atoms with van der Waals surface area (Å²) in [5, 5.41) is 3.17. The Bertz CT molecular complexity index is 927. The Labute approximate surface area is 187 Å². The van der Waals surface area contributed by atoms with Crippen molar-refractivity contribution in [3.8, 4) is 0 Å². The Morgan fingerprint density at radius 3 is 2.41 bits per heavy atom. The molecule has 2 aromatic rings. The number of nitrogens with zero attached hydrogens (tertiary/aromatic N) is 4. The topological polar surface area (TPSA) is 123 Å². The Hall–Kier alpha value is -3.56. The lowest BCUT2D eigenvalue weighted by Crippen LogP contribution is -2.49. The molecule has 0 atom stereocenters. The number of esters is 1. The smallest absolute Gasteiger partial charge is 0.409 e. The fourth-order valence-electron chi connectivity index (χ4n) is 3.21. The molecule has 10 nitrogen and oxygen atoms in total. The molecule has 32 heavy (non-hydrogen) atoms. The summed E-state index contributed by atoms with van der Waals surface area (Å²) in [7, 11) is 0. The second-order valence-corrected chi connectivity index (χ2v) is 7.83. The van der Waals surface area contributed by atoms with Crippen LogP contribution in [-0.4, -0.2) is 66.3 Å². The van der Waals surface area contributed by atoms with E-state index in [0.29, 0.717) is 62.3 Å². The van der Waals surface area contributed by atoms with Crippen LogP contribution in [-0.2, 0) is 9.47 Å². The first-order chi connectivity index (χ1) is 15.4. The highest BCUT2D eigenvalue weighted by atomic mass is 16.6. The third-order valence-electron chi connectivity index (χ3n) is 4.90. The van der Waals surface area contributed by atoms with E-state index in [4.69, 9.17) is 15.2 Å². The van der Waals surface area contributed by atoms with Crippen molar-refractivity contribution in [2.75, 3.05) is 55.3 Å². The number of nitrogens with one attached hydrogen (secondary N) is 1. The molecular weight excluding hydrogens is 412 g/mol. The predicted octanol–water partition coefficient (Wildman–Crippen LogP) is 2.89. The average molecular weight is 443 g/mol. The molecule has 0 radical (unpaired) electrons. The first-order valence-electron chi connectivity index (χ1n) is 10.7. The summed E-state index contributed by atoms with van der Waals surface area (Å²) in [5.74, 6) is 1.01. The van der Waals surface area contributed by atoms with E-state index in [9.17, 15) is 9.59 Å². The molecule has 3 N–H and O–H groups in total. The van der Waals surface area contributed by atoms with Gasteiger partial charge in [-0.1, -0.05) is 13.8 Å². The van der Waals surface area contributed by atoms with E-state index in [1.807, 2.05) is 18.7 Å². The second kappa shape index (κ2) is 10.7. The van der Waals surface area contributed by atoms with Crippen LogP contribution in [0.4, 0.5) is 27.8 Å². The minimum atomic E-state index is -0.351. The van der Waals surface area contributed by atoms with Crippen LogP contribution in [0.25, 0.3) is 0 Å². The highest BCUT2D eigenvalue weighted by Crippen LogP contribution is 2.29. The molecular formula is C22H30N6O4. The van der Waals surface area contributed by atoms with E-state index >= 15 is 0 Å². The van der Waals surface area contributed by atoms with E-state index in [0.717, 1.165) is 5.69 Å². The van der Waals surface area contributed by atoms with Crippen molar-refractivity contribution in [1.82, 2.24) is 14.9 Å². The van der Waals surface area contributed by atoms with Crippen molar-refractivity contribution in [2.24, 2.45) is 5.92 Å². The van der Waals surface area contributed by atoms with Crippen molar-refractivity contribution in [3.63, 3.8) is 0 Å². The van der Waals surface area contributed by atoms with E-state index in [2.05, 4.69) is 15.3 Å². The van der Waals surface area contributed by atoms with Gasteiger partial charge in [0.2, 0.25) is 0 Å². The van der Waals surface area contributed by atoms with Gasteiger partial charge in [-0.15, -0.1) is 0 Å². The van der Waals surface area contributed by atoms with Gasteiger partial charge in [-0.2, -0.15) is 0 Å². The predicted molar refractivity (Wildman–Crippen MR) is 122 cm³/mol. The average Bonchev–Trinajstić information content (AvgIpc) is 2.79. The van der Waals surface area contributed by atoms with Gasteiger partial charge < -0.3 is 30.3 Å². The van der Waals surface area contributed by atoms with Crippen LogP contribution < -0.4 is 16.0 Å². The molecule has 1 aromatic carbocycles. The lowest BCUT2D eigenvalue weighted by atomic mass is 10.2.